The van der Waals surface area contributed by atoms with Crippen LogP contribution < -0.4 is 5.73 Å². The van der Waals surface area contributed by atoms with Gasteiger partial charge in [-0.1, -0.05) is 13.8 Å². The molecule has 0 rings (SSSR count). The number of rotatable bonds is 7. The Hall–Kier alpha value is -0.430. The van der Waals surface area contributed by atoms with Gasteiger partial charge >= 0.3 is 5.51 Å². The molecule has 0 aliphatic rings. The molecule has 0 radical (unpaired) electrons. The first-order valence-electron chi connectivity index (χ1n) is 5.03. The quantitative estimate of drug-likeness (QED) is 0.542. The van der Waals surface area contributed by atoms with Gasteiger partial charge < -0.3 is 10.6 Å². The van der Waals surface area contributed by atoms with Crippen molar-refractivity contribution in [2.75, 3.05) is 25.4 Å². The Labute approximate surface area is 98.1 Å². The molecule has 0 spiro atoms. The fourth-order valence-electron chi connectivity index (χ4n) is 1.15. The SMILES string of the molecule is CCN(CCSC(F)(F)F)CC(C)C(=N)N. The number of hydrogen-bond donors (Lipinski definition) is 2. The fourth-order valence-corrected chi connectivity index (χ4v) is 1.74. The van der Waals surface area contributed by atoms with E-state index in [1.54, 1.807) is 6.92 Å². The average molecular weight is 257 g/mol. The van der Waals surface area contributed by atoms with E-state index in [0.717, 1.165) is 0 Å². The molecule has 0 saturated carbocycles. The van der Waals surface area contributed by atoms with E-state index in [0.29, 0.717) is 19.6 Å². The summed E-state index contributed by atoms with van der Waals surface area (Å²) < 4.78 is 35.7. The van der Waals surface area contributed by atoms with Gasteiger partial charge in [-0.05, 0) is 18.3 Å². The van der Waals surface area contributed by atoms with Crippen molar-refractivity contribution in [3.8, 4) is 0 Å². The summed E-state index contributed by atoms with van der Waals surface area (Å²) in [6.45, 7) is 5.23. The summed E-state index contributed by atoms with van der Waals surface area (Å²) in [6, 6.07) is 0. The number of amidine groups is 1. The molecule has 0 aromatic heterocycles. The van der Waals surface area contributed by atoms with E-state index in [9.17, 15) is 13.2 Å². The zero-order valence-corrected chi connectivity index (χ0v) is 10.3. The topological polar surface area (TPSA) is 53.1 Å². The molecule has 0 aromatic carbocycles. The molecule has 0 amide bonds. The molecule has 16 heavy (non-hydrogen) atoms. The first kappa shape index (κ1) is 15.6. The molecule has 96 valence electrons. The highest BCUT2D eigenvalue weighted by Crippen LogP contribution is 2.29. The van der Waals surface area contributed by atoms with Crippen molar-refractivity contribution in [3.05, 3.63) is 0 Å². The Balaban J connectivity index is 3.88. The van der Waals surface area contributed by atoms with Crippen molar-refractivity contribution >= 4 is 17.6 Å². The number of thioether (sulfide) groups is 1. The zero-order valence-electron chi connectivity index (χ0n) is 9.47. The van der Waals surface area contributed by atoms with E-state index in [2.05, 4.69) is 0 Å². The molecule has 3 nitrogen and oxygen atoms in total. The zero-order chi connectivity index (χ0) is 12.8. The molecule has 1 unspecified atom stereocenters. The van der Waals surface area contributed by atoms with Gasteiger partial charge in [0.15, 0.2) is 0 Å². The van der Waals surface area contributed by atoms with E-state index in [4.69, 9.17) is 11.1 Å². The maximum atomic E-state index is 11.9. The van der Waals surface area contributed by atoms with Crippen molar-refractivity contribution in [3.63, 3.8) is 0 Å². The van der Waals surface area contributed by atoms with Crippen molar-refractivity contribution in [2.45, 2.75) is 19.4 Å². The first-order valence-corrected chi connectivity index (χ1v) is 6.01. The Morgan fingerprint density at radius 1 is 1.50 bits per heavy atom. The number of nitrogens with one attached hydrogen (secondary N) is 1. The van der Waals surface area contributed by atoms with Crippen LogP contribution in [-0.4, -0.2) is 41.6 Å². The van der Waals surface area contributed by atoms with Gasteiger partial charge in [0, 0.05) is 24.8 Å². The molecule has 0 aromatic rings. The van der Waals surface area contributed by atoms with Gasteiger partial charge in [-0.15, -0.1) is 0 Å². The lowest BCUT2D eigenvalue weighted by Gasteiger charge is -2.23. The van der Waals surface area contributed by atoms with Crippen LogP contribution in [0.5, 0.6) is 0 Å². The van der Waals surface area contributed by atoms with Crippen molar-refractivity contribution < 1.29 is 13.2 Å². The Morgan fingerprint density at radius 3 is 2.44 bits per heavy atom. The lowest BCUT2D eigenvalue weighted by molar-refractivity contribution is -0.0328. The van der Waals surface area contributed by atoms with Crippen LogP contribution in [0.3, 0.4) is 0 Å². The van der Waals surface area contributed by atoms with Gasteiger partial charge in [-0.3, -0.25) is 5.41 Å². The van der Waals surface area contributed by atoms with Crippen molar-refractivity contribution in [2.24, 2.45) is 11.7 Å². The van der Waals surface area contributed by atoms with Gasteiger partial charge in [0.2, 0.25) is 0 Å². The van der Waals surface area contributed by atoms with E-state index in [1.165, 1.54) is 0 Å². The largest absolute Gasteiger partial charge is 0.441 e. The summed E-state index contributed by atoms with van der Waals surface area (Å²) in [5, 5.41) is 7.21. The molecule has 0 bridgehead atoms. The van der Waals surface area contributed by atoms with Crippen LogP contribution in [0.2, 0.25) is 0 Å². The molecule has 1 atom stereocenters. The van der Waals surface area contributed by atoms with Crippen molar-refractivity contribution in [1.29, 1.82) is 5.41 Å². The third-order valence-electron chi connectivity index (χ3n) is 2.18. The highest BCUT2D eigenvalue weighted by molar-refractivity contribution is 8.00. The molecule has 0 aliphatic heterocycles. The van der Waals surface area contributed by atoms with Crippen LogP contribution in [0, 0.1) is 11.3 Å². The standard InChI is InChI=1S/C9H18F3N3S/c1-3-15(6-7(2)8(13)14)4-5-16-9(10,11)12/h7H,3-6H2,1-2H3,(H3,13,14). The fraction of sp³-hybridized carbons (Fsp3) is 0.889. The Bertz CT molecular complexity index is 221. The minimum Gasteiger partial charge on any atom is -0.387 e. The normalized spacial score (nSPS) is 14.1. The van der Waals surface area contributed by atoms with Gasteiger partial charge in [0.1, 0.15) is 0 Å². The molecular weight excluding hydrogens is 239 g/mol. The van der Waals surface area contributed by atoms with Crippen LogP contribution in [0.1, 0.15) is 13.8 Å². The molecule has 0 aliphatic carbocycles. The predicted octanol–water partition coefficient (Wildman–Crippen LogP) is 2.13. The number of halogens is 3. The van der Waals surface area contributed by atoms with E-state index in [-0.39, 0.29) is 29.3 Å². The summed E-state index contributed by atoms with van der Waals surface area (Å²) in [7, 11) is 0. The molecular formula is C9H18F3N3S. The molecule has 3 N–H and O–H groups in total. The number of hydrogen-bond acceptors (Lipinski definition) is 3. The number of nitrogens with two attached hydrogens (primary N) is 1. The minimum atomic E-state index is -4.16. The maximum Gasteiger partial charge on any atom is 0.441 e. The molecule has 0 saturated heterocycles. The van der Waals surface area contributed by atoms with Crippen molar-refractivity contribution in [1.82, 2.24) is 4.90 Å². The van der Waals surface area contributed by atoms with Crippen LogP contribution in [-0.2, 0) is 0 Å². The lowest BCUT2D eigenvalue weighted by atomic mass is 10.1. The monoisotopic (exact) mass is 257 g/mol. The molecule has 7 heteroatoms. The summed E-state index contributed by atoms with van der Waals surface area (Å²) >= 11 is -0.0138. The highest BCUT2D eigenvalue weighted by atomic mass is 32.2. The van der Waals surface area contributed by atoms with Gasteiger partial charge in [-0.25, -0.2) is 0 Å². The molecule has 0 fully saturated rings. The number of alkyl halides is 3. The predicted molar refractivity (Wildman–Crippen MR) is 61.7 cm³/mol. The van der Waals surface area contributed by atoms with Crippen LogP contribution >= 0.6 is 11.8 Å². The van der Waals surface area contributed by atoms with Crippen LogP contribution in [0.15, 0.2) is 0 Å². The maximum absolute atomic E-state index is 11.9. The highest BCUT2D eigenvalue weighted by Gasteiger charge is 2.27. The van der Waals surface area contributed by atoms with Gasteiger partial charge in [0.25, 0.3) is 0 Å². The second-order valence-corrected chi connectivity index (χ2v) is 4.70. The Morgan fingerprint density at radius 2 is 2.06 bits per heavy atom. The summed E-state index contributed by atoms with van der Waals surface area (Å²) in [5.74, 6) is -0.0279. The third kappa shape index (κ3) is 7.81. The van der Waals surface area contributed by atoms with E-state index in [1.807, 2.05) is 11.8 Å². The Kier molecular flexibility index (Phi) is 6.82. The van der Waals surface area contributed by atoms with E-state index >= 15 is 0 Å². The summed E-state index contributed by atoms with van der Waals surface area (Å²) in [6.07, 6.45) is 0. The minimum absolute atomic E-state index is 0.0138. The number of nitrogens with zero attached hydrogens (tertiary/aromatic N) is 1. The lowest BCUT2D eigenvalue weighted by Crippen LogP contribution is -2.35. The van der Waals surface area contributed by atoms with Gasteiger partial charge in [-0.2, -0.15) is 13.2 Å². The first-order chi connectivity index (χ1) is 7.26. The van der Waals surface area contributed by atoms with E-state index < -0.39 is 5.51 Å². The summed E-state index contributed by atoms with van der Waals surface area (Å²) in [4.78, 5) is 1.87. The summed E-state index contributed by atoms with van der Waals surface area (Å²) in [5.41, 5.74) is 1.15. The smallest absolute Gasteiger partial charge is 0.387 e. The second-order valence-electron chi connectivity index (χ2n) is 3.54. The van der Waals surface area contributed by atoms with Crippen LogP contribution in [0.4, 0.5) is 13.2 Å². The average Bonchev–Trinajstić information content (AvgIpc) is 2.13. The van der Waals surface area contributed by atoms with Crippen LogP contribution in [0.25, 0.3) is 0 Å². The molecule has 0 heterocycles. The van der Waals surface area contributed by atoms with Gasteiger partial charge in [0.05, 0.1) is 5.84 Å². The second kappa shape index (κ2) is 7.01. The third-order valence-corrected chi connectivity index (χ3v) is 2.90.